The van der Waals surface area contributed by atoms with Crippen molar-refractivity contribution in [3.8, 4) is 18.2 Å². The summed E-state index contributed by atoms with van der Waals surface area (Å²) < 4.78 is 10.8. The molecular weight excluding hydrogens is 213 g/mol. The van der Waals surface area contributed by atoms with E-state index < -0.39 is 8.03 Å². The highest BCUT2D eigenvalue weighted by Gasteiger charge is 2.12. The highest BCUT2D eigenvalue weighted by Crippen LogP contribution is 2.19. The molecule has 5 nitrogen and oxygen atoms in total. The molecule has 15 heavy (non-hydrogen) atoms. The van der Waals surface area contributed by atoms with Crippen LogP contribution in [0.2, 0.25) is 0 Å². The molecule has 0 saturated carbocycles. The molecule has 1 rings (SSSR count). The fraction of sp³-hybridized carbons (Fsp3) is 0. The fourth-order valence-corrected chi connectivity index (χ4v) is 1.60. The predicted octanol–water partition coefficient (Wildman–Crippen LogP) is 0.394. The van der Waals surface area contributed by atoms with E-state index in [9.17, 15) is 4.57 Å². The van der Waals surface area contributed by atoms with Gasteiger partial charge in [0.25, 0.3) is 0 Å². The first-order valence-corrected chi connectivity index (χ1v) is 5.11. The third-order valence-electron chi connectivity index (χ3n) is 1.74. The van der Waals surface area contributed by atoms with Crippen molar-refractivity contribution in [2.24, 2.45) is 0 Å². The molecule has 1 unspecified atom stereocenters. The van der Waals surface area contributed by atoms with Crippen molar-refractivity contribution in [2.45, 2.75) is 0 Å². The zero-order chi connectivity index (χ0) is 11.4. The lowest BCUT2D eigenvalue weighted by atomic mass is 10.0. The van der Waals surface area contributed by atoms with Crippen LogP contribution in [0.3, 0.4) is 0 Å². The lowest BCUT2D eigenvalue weighted by molar-refractivity contribution is 0.513. The van der Waals surface area contributed by atoms with Crippen LogP contribution in [0.15, 0.2) is 12.1 Å². The molecule has 0 aliphatic heterocycles. The van der Waals surface area contributed by atoms with Gasteiger partial charge in [-0.3, -0.25) is 4.57 Å². The van der Waals surface area contributed by atoms with Gasteiger partial charge < -0.3 is 4.89 Å². The van der Waals surface area contributed by atoms with Crippen molar-refractivity contribution < 1.29 is 9.46 Å². The Morgan fingerprint density at radius 2 is 1.53 bits per heavy atom. The summed E-state index contributed by atoms with van der Waals surface area (Å²) in [7, 11) is -2.96. The maximum Gasteiger partial charge on any atom is 0.218 e. The SMILES string of the molecule is N#Cc1cc([PH](=O)O)cc(C#N)c1C#N. The Morgan fingerprint density at radius 1 is 1.07 bits per heavy atom. The first kappa shape index (κ1) is 11.0. The molecule has 0 aromatic heterocycles. The molecule has 0 bridgehead atoms. The largest absolute Gasteiger partial charge is 0.343 e. The van der Waals surface area contributed by atoms with Crippen LogP contribution < -0.4 is 5.30 Å². The molecule has 72 valence electrons. The van der Waals surface area contributed by atoms with Crippen LogP contribution in [0.5, 0.6) is 0 Å². The van der Waals surface area contributed by atoms with Crippen molar-refractivity contribution in [1.82, 2.24) is 0 Å². The molecule has 1 atom stereocenters. The van der Waals surface area contributed by atoms with E-state index in [-0.39, 0.29) is 22.0 Å². The van der Waals surface area contributed by atoms with E-state index in [2.05, 4.69) is 0 Å². The van der Waals surface area contributed by atoms with E-state index in [0.717, 1.165) is 12.1 Å². The van der Waals surface area contributed by atoms with E-state index in [1.165, 1.54) is 0 Å². The molecule has 0 radical (unpaired) electrons. The predicted molar refractivity (Wildman–Crippen MR) is 51.4 cm³/mol. The van der Waals surface area contributed by atoms with Crippen molar-refractivity contribution in [3.63, 3.8) is 0 Å². The molecule has 0 spiro atoms. The van der Waals surface area contributed by atoms with Crippen molar-refractivity contribution in [1.29, 1.82) is 15.8 Å². The van der Waals surface area contributed by atoms with E-state index >= 15 is 0 Å². The number of nitrogens with zero attached hydrogens (tertiary/aromatic N) is 3. The van der Waals surface area contributed by atoms with Crippen LogP contribution in [-0.2, 0) is 4.57 Å². The average Bonchev–Trinajstić information content (AvgIpc) is 2.26. The van der Waals surface area contributed by atoms with Gasteiger partial charge in [-0.05, 0) is 12.1 Å². The van der Waals surface area contributed by atoms with E-state index in [4.69, 9.17) is 20.7 Å². The summed E-state index contributed by atoms with van der Waals surface area (Å²) in [6, 6.07) is 7.44. The quantitative estimate of drug-likeness (QED) is 0.684. The van der Waals surface area contributed by atoms with Crippen LogP contribution in [0.25, 0.3) is 0 Å². The van der Waals surface area contributed by atoms with E-state index in [1.807, 2.05) is 0 Å². The van der Waals surface area contributed by atoms with Gasteiger partial charge in [0, 0.05) is 5.30 Å². The van der Waals surface area contributed by atoms with Gasteiger partial charge in [0.1, 0.15) is 18.2 Å². The molecule has 0 amide bonds. The van der Waals surface area contributed by atoms with Crippen molar-refractivity contribution in [3.05, 3.63) is 28.8 Å². The Hall–Kier alpha value is -2.12. The summed E-state index contributed by atoms with van der Waals surface area (Å²) in [6.07, 6.45) is 0. The molecule has 0 saturated heterocycles. The average molecular weight is 217 g/mol. The standard InChI is InChI=1S/C9H4N3O2P/c10-3-6-1-8(15(13)14)2-7(4-11)9(6)5-12/h1-2,15H,(H,13,14). The Kier molecular flexibility index (Phi) is 3.21. The van der Waals surface area contributed by atoms with Crippen LogP contribution in [0, 0.1) is 34.0 Å². The minimum Gasteiger partial charge on any atom is -0.343 e. The van der Waals surface area contributed by atoms with E-state index in [1.54, 1.807) is 18.2 Å². The lowest BCUT2D eigenvalue weighted by Gasteiger charge is -2.00. The summed E-state index contributed by atoms with van der Waals surface area (Å²) in [6.45, 7) is 0. The maximum atomic E-state index is 10.8. The third-order valence-corrected chi connectivity index (χ3v) is 2.52. The molecule has 0 aliphatic carbocycles. The minimum absolute atomic E-state index is 0.00657. The number of hydrogen-bond acceptors (Lipinski definition) is 4. The van der Waals surface area contributed by atoms with Gasteiger partial charge in [-0.1, -0.05) is 0 Å². The molecule has 0 fully saturated rings. The maximum absolute atomic E-state index is 10.8. The minimum atomic E-state index is -2.96. The molecule has 0 aliphatic rings. The molecular formula is C9H4N3O2P. The van der Waals surface area contributed by atoms with E-state index in [0.29, 0.717) is 0 Å². The Bertz CT molecular complexity index is 525. The van der Waals surface area contributed by atoms with Gasteiger partial charge in [0.05, 0.1) is 16.7 Å². The van der Waals surface area contributed by atoms with Crippen LogP contribution in [0.1, 0.15) is 16.7 Å². The van der Waals surface area contributed by atoms with Gasteiger partial charge >= 0.3 is 0 Å². The first-order valence-electron chi connectivity index (χ1n) is 3.75. The third kappa shape index (κ3) is 2.03. The lowest BCUT2D eigenvalue weighted by Crippen LogP contribution is -2.02. The van der Waals surface area contributed by atoms with Crippen molar-refractivity contribution >= 4 is 13.3 Å². The molecule has 1 aromatic carbocycles. The van der Waals surface area contributed by atoms with Crippen LogP contribution in [-0.4, -0.2) is 4.89 Å². The van der Waals surface area contributed by atoms with Gasteiger partial charge in [-0.15, -0.1) is 0 Å². The number of nitriles is 3. The normalized spacial score (nSPS) is 10.8. The zero-order valence-electron chi connectivity index (χ0n) is 7.35. The number of hydrogen-bond donors (Lipinski definition) is 1. The Labute approximate surface area is 86.3 Å². The molecule has 0 heterocycles. The summed E-state index contributed by atoms with van der Waals surface area (Å²) in [4.78, 5) is 8.87. The van der Waals surface area contributed by atoms with Gasteiger partial charge in [-0.2, -0.15) is 15.8 Å². The highest BCUT2D eigenvalue weighted by molar-refractivity contribution is 7.47. The second-order valence-electron chi connectivity index (χ2n) is 2.59. The molecule has 1 aromatic rings. The van der Waals surface area contributed by atoms with Gasteiger partial charge in [0.2, 0.25) is 8.03 Å². The monoisotopic (exact) mass is 217 g/mol. The Morgan fingerprint density at radius 3 is 1.80 bits per heavy atom. The Balaban J connectivity index is 3.62. The molecule has 6 heteroatoms. The second kappa shape index (κ2) is 4.40. The smallest absolute Gasteiger partial charge is 0.218 e. The summed E-state index contributed by atoms with van der Waals surface area (Å²) in [5.74, 6) is 0. The van der Waals surface area contributed by atoms with Crippen molar-refractivity contribution in [2.75, 3.05) is 0 Å². The summed E-state index contributed by atoms with van der Waals surface area (Å²) >= 11 is 0. The van der Waals surface area contributed by atoms with Gasteiger partial charge in [-0.25, -0.2) is 0 Å². The highest BCUT2D eigenvalue weighted by atomic mass is 31.1. The molecule has 1 N–H and O–H groups in total. The first-order chi connectivity index (χ1) is 7.13. The van der Waals surface area contributed by atoms with Crippen LogP contribution >= 0.6 is 8.03 Å². The number of benzene rings is 1. The zero-order valence-corrected chi connectivity index (χ0v) is 8.35. The second-order valence-corrected chi connectivity index (χ2v) is 3.77. The topological polar surface area (TPSA) is 109 Å². The summed E-state index contributed by atoms with van der Waals surface area (Å²) in [5.41, 5.74) is -0.176. The summed E-state index contributed by atoms with van der Waals surface area (Å²) in [5, 5.41) is 26.1. The fourth-order valence-electron chi connectivity index (χ4n) is 1.06. The van der Waals surface area contributed by atoms with Crippen LogP contribution in [0.4, 0.5) is 0 Å². The number of rotatable bonds is 1. The van der Waals surface area contributed by atoms with Gasteiger partial charge in [0.15, 0.2) is 0 Å².